The third-order valence-electron chi connectivity index (χ3n) is 4.33. The van der Waals surface area contributed by atoms with Crippen molar-refractivity contribution in [3.05, 3.63) is 23.8 Å². The Bertz CT molecular complexity index is 481. The molecule has 20 heavy (non-hydrogen) atoms. The molecule has 1 aliphatic heterocycles. The van der Waals surface area contributed by atoms with Crippen molar-refractivity contribution in [1.82, 2.24) is 0 Å². The van der Waals surface area contributed by atoms with Crippen LogP contribution in [0.1, 0.15) is 47.1 Å². The quantitative estimate of drug-likeness (QED) is 0.860. The largest absolute Gasteiger partial charge is 0.495 e. The van der Waals surface area contributed by atoms with Crippen LogP contribution in [0.15, 0.2) is 18.2 Å². The summed E-state index contributed by atoms with van der Waals surface area (Å²) in [4.78, 5) is 0. The van der Waals surface area contributed by atoms with E-state index in [1.165, 1.54) is 5.56 Å². The maximum atomic E-state index is 6.14. The molecule has 0 aliphatic carbocycles. The van der Waals surface area contributed by atoms with E-state index >= 15 is 0 Å². The SMILES string of the molecule is Cc1c(NC(C)C)cccc1B1OC(C)(C)C(C)(C)O1. The molecule has 1 saturated heterocycles. The minimum Gasteiger partial charge on any atom is -0.399 e. The molecule has 0 spiro atoms. The van der Waals surface area contributed by atoms with Crippen molar-refractivity contribution < 1.29 is 9.31 Å². The molecule has 110 valence electrons. The Morgan fingerprint density at radius 1 is 1.05 bits per heavy atom. The van der Waals surface area contributed by atoms with Crippen LogP contribution >= 0.6 is 0 Å². The second-order valence-corrected chi connectivity index (χ2v) is 6.91. The number of benzene rings is 1. The monoisotopic (exact) mass is 275 g/mol. The maximum Gasteiger partial charge on any atom is 0.495 e. The fraction of sp³-hybridized carbons (Fsp3) is 0.625. The highest BCUT2D eigenvalue weighted by Crippen LogP contribution is 2.36. The van der Waals surface area contributed by atoms with Crippen molar-refractivity contribution in [2.75, 3.05) is 5.32 Å². The third-order valence-corrected chi connectivity index (χ3v) is 4.33. The summed E-state index contributed by atoms with van der Waals surface area (Å²) in [5.74, 6) is 0. The predicted molar refractivity (Wildman–Crippen MR) is 85.7 cm³/mol. The summed E-state index contributed by atoms with van der Waals surface area (Å²) in [6.07, 6.45) is 0. The summed E-state index contributed by atoms with van der Waals surface area (Å²) in [5, 5.41) is 3.47. The van der Waals surface area contributed by atoms with Gasteiger partial charge in [0, 0.05) is 11.7 Å². The Hall–Kier alpha value is -0.995. The molecular formula is C16H26BNO2. The molecule has 2 rings (SSSR count). The number of hydrogen-bond acceptors (Lipinski definition) is 3. The zero-order valence-corrected chi connectivity index (χ0v) is 13.7. The fourth-order valence-corrected chi connectivity index (χ4v) is 2.35. The van der Waals surface area contributed by atoms with E-state index < -0.39 is 0 Å². The Morgan fingerprint density at radius 2 is 1.60 bits per heavy atom. The first-order valence-electron chi connectivity index (χ1n) is 7.36. The molecule has 4 heteroatoms. The Balaban J connectivity index is 2.31. The highest BCUT2D eigenvalue weighted by Gasteiger charge is 2.52. The lowest BCUT2D eigenvalue weighted by atomic mass is 9.76. The molecule has 1 aliphatic rings. The zero-order chi connectivity index (χ0) is 15.1. The van der Waals surface area contributed by atoms with E-state index in [2.05, 4.69) is 72.0 Å². The fourth-order valence-electron chi connectivity index (χ4n) is 2.35. The summed E-state index contributed by atoms with van der Waals surface area (Å²) >= 11 is 0. The summed E-state index contributed by atoms with van der Waals surface area (Å²) in [6, 6.07) is 6.65. The number of anilines is 1. The van der Waals surface area contributed by atoms with Gasteiger partial charge >= 0.3 is 7.12 Å². The van der Waals surface area contributed by atoms with Gasteiger partial charge in [0.25, 0.3) is 0 Å². The van der Waals surface area contributed by atoms with Gasteiger partial charge in [-0.25, -0.2) is 0 Å². The highest BCUT2D eigenvalue weighted by atomic mass is 16.7. The van der Waals surface area contributed by atoms with E-state index in [1.807, 2.05) is 0 Å². The average Bonchev–Trinajstić information content (AvgIpc) is 2.50. The van der Waals surface area contributed by atoms with Crippen molar-refractivity contribution in [3.63, 3.8) is 0 Å². The minimum atomic E-state index is -0.300. The van der Waals surface area contributed by atoms with Crippen molar-refractivity contribution in [3.8, 4) is 0 Å². The van der Waals surface area contributed by atoms with Crippen LogP contribution in [0.4, 0.5) is 5.69 Å². The molecule has 0 amide bonds. The first-order chi connectivity index (χ1) is 9.14. The highest BCUT2D eigenvalue weighted by molar-refractivity contribution is 6.62. The van der Waals surface area contributed by atoms with Gasteiger partial charge in [-0.3, -0.25) is 0 Å². The predicted octanol–water partition coefficient (Wildman–Crippen LogP) is 3.11. The van der Waals surface area contributed by atoms with Crippen LogP contribution < -0.4 is 10.8 Å². The molecule has 1 aromatic carbocycles. The smallest absolute Gasteiger partial charge is 0.399 e. The summed E-state index contributed by atoms with van der Waals surface area (Å²) in [6.45, 7) is 14.7. The lowest BCUT2D eigenvalue weighted by molar-refractivity contribution is 0.00578. The van der Waals surface area contributed by atoms with E-state index in [0.717, 1.165) is 11.2 Å². The molecule has 0 aromatic heterocycles. The molecule has 3 nitrogen and oxygen atoms in total. The molecular weight excluding hydrogens is 249 g/mol. The van der Waals surface area contributed by atoms with Gasteiger partial charge in [0.1, 0.15) is 0 Å². The minimum absolute atomic E-state index is 0.297. The average molecular weight is 275 g/mol. The van der Waals surface area contributed by atoms with Crippen LogP contribution in [0.5, 0.6) is 0 Å². The maximum absolute atomic E-state index is 6.14. The first-order valence-corrected chi connectivity index (χ1v) is 7.36. The van der Waals surface area contributed by atoms with Gasteiger partial charge in [0.05, 0.1) is 11.2 Å². The van der Waals surface area contributed by atoms with Crippen molar-refractivity contribution in [2.24, 2.45) is 0 Å². The summed E-state index contributed by atoms with van der Waals surface area (Å²) < 4.78 is 12.3. The van der Waals surface area contributed by atoms with Crippen molar-refractivity contribution in [2.45, 2.75) is 65.7 Å². The van der Waals surface area contributed by atoms with E-state index in [1.54, 1.807) is 0 Å². The van der Waals surface area contributed by atoms with E-state index in [9.17, 15) is 0 Å². The number of rotatable bonds is 3. The standard InChI is InChI=1S/C16H26BNO2/c1-11(2)18-14-10-8-9-13(12(14)3)17-19-15(4,5)16(6,7)20-17/h8-11,18H,1-7H3. The Kier molecular flexibility index (Phi) is 3.91. The molecule has 0 bridgehead atoms. The molecule has 0 saturated carbocycles. The number of nitrogens with one attached hydrogen (secondary N) is 1. The molecule has 1 aromatic rings. The molecule has 1 fully saturated rings. The topological polar surface area (TPSA) is 30.5 Å². The molecule has 1 heterocycles. The summed E-state index contributed by atoms with van der Waals surface area (Å²) in [7, 11) is -0.297. The van der Waals surface area contributed by atoms with Crippen LogP contribution in [0.2, 0.25) is 0 Å². The summed E-state index contributed by atoms with van der Waals surface area (Å²) in [5.41, 5.74) is 2.85. The van der Waals surface area contributed by atoms with Crippen molar-refractivity contribution in [1.29, 1.82) is 0 Å². The third kappa shape index (κ3) is 2.72. The second-order valence-electron chi connectivity index (χ2n) is 6.91. The van der Waals surface area contributed by atoms with Crippen LogP contribution in [0.25, 0.3) is 0 Å². The van der Waals surface area contributed by atoms with Gasteiger partial charge in [-0.1, -0.05) is 12.1 Å². The van der Waals surface area contributed by atoms with Crippen LogP contribution in [0.3, 0.4) is 0 Å². The van der Waals surface area contributed by atoms with Gasteiger partial charge in [-0.2, -0.15) is 0 Å². The van der Waals surface area contributed by atoms with E-state index in [0.29, 0.717) is 6.04 Å². The van der Waals surface area contributed by atoms with Crippen LogP contribution in [-0.2, 0) is 9.31 Å². The lowest BCUT2D eigenvalue weighted by Gasteiger charge is -2.32. The molecule has 1 N–H and O–H groups in total. The van der Waals surface area contributed by atoms with Gasteiger partial charge in [-0.05, 0) is 65.6 Å². The van der Waals surface area contributed by atoms with Gasteiger partial charge in [0.15, 0.2) is 0 Å². The van der Waals surface area contributed by atoms with Crippen molar-refractivity contribution >= 4 is 18.3 Å². The van der Waals surface area contributed by atoms with Gasteiger partial charge in [0.2, 0.25) is 0 Å². The van der Waals surface area contributed by atoms with E-state index in [4.69, 9.17) is 9.31 Å². The van der Waals surface area contributed by atoms with E-state index in [-0.39, 0.29) is 18.3 Å². The normalized spacial score (nSPS) is 20.5. The first kappa shape index (κ1) is 15.4. The van der Waals surface area contributed by atoms with Gasteiger partial charge < -0.3 is 14.6 Å². The number of hydrogen-bond donors (Lipinski definition) is 1. The molecule has 0 unspecified atom stereocenters. The van der Waals surface area contributed by atoms with Gasteiger partial charge in [-0.15, -0.1) is 0 Å². The second kappa shape index (κ2) is 5.08. The Labute approximate surface area is 123 Å². The van der Waals surface area contributed by atoms with Crippen LogP contribution in [0, 0.1) is 6.92 Å². The van der Waals surface area contributed by atoms with Crippen LogP contribution in [-0.4, -0.2) is 24.4 Å². The molecule has 0 atom stereocenters. The molecule has 0 radical (unpaired) electrons. The lowest BCUT2D eigenvalue weighted by Crippen LogP contribution is -2.41. The zero-order valence-electron chi connectivity index (χ0n) is 13.7. The Morgan fingerprint density at radius 3 is 2.10 bits per heavy atom.